The molecular formula is C20H27NO5. The Morgan fingerprint density at radius 1 is 1.23 bits per heavy atom. The van der Waals surface area contributed by atoms with Crippen molar-refractivity contribution in [2.24, 2.45) is 17.6 Å². The van der Waals surface area contributed by atoms with E-state index < -0.39 is 5.91 Å². The molecule has 1 heterocycles. The average molecular weight is 361 g/mol. The molecule has 0 bridgehead atoms. The number of ether oxygens (including phenoxy) is 2. The van der Waals surface area contributed by atoms with Gasteiger partial charge in [-0.15, -0.1) is 0 Å². The number of nitrogens with two attached hydrogens (primary N) is 1. The van der Waals surface area contributed by atoms with Crippen LogP contribution >= 0.6 is 0 Å². The van der Waals surface area contributed by atoms with E-state index in [0.29, 0.717) is 23.9 Å². The number of methoxy groups -OCH3 is 1. The predicted molar refractivity (Wildman–Crippen MR) is 99.0 cm³/mol. The van der Waals surface area contributed by atoms with Crippen LogP contribution in [0.15, 0.2) is 28.7 Å². The van der Waals surface area contributed by atoms with E-state index in [9.17, 15) is 9.59 Å². The lowest BCUT2D eigenvalue weighted by Crippen LogP contribution is -2.27. The molecule has 6 heteroatoms. The number of carbonyl (C=O) groups is 2. The number of furan rings is 1. The van der Waals surface area contributed by atoms with E-state index in [1.54, 1.807) is 31.4 Å². The minimum Gasteiger partial charge on any atom is -0.497 e. The summed E-state index contributed by atoms with van der Waals surface area (Å²) in [7, 11) is 1.58. The molecule has 0 spiro atoms. The first kappa shape index (κ1) is 19.8. The molecule has 1 saturated carbocycles. The van der Waals surface area contributed by atoms with Crippen LogP contribution in [-0.4, -0.2) is 25.6 Å². The maximum absolute atomic E-state index is 11.4. The van der Waals surface area contributed by atoms with Gasteiger partial charge in [0.1, 0.15) is 11.3 Å². The molecule has 1 aromatic heterocycles. The zero-order valence-electron chi connectivity index (χ0n) is 15.6. The molecule has 6 nitrogen and oxygen atoms in total. The Morgan fingerprint density at radius 3 is 2.58 bits per heavy atom. The van der Waals surface area contributed by atoms with E-state index in [-0.39, 0.29) is 17.6 Å². The van der Waals surface area contributed by atoms with Gasteiger partial charge in [-0.3, -0.25) is 9.59 Å². The quantitative estimate of drug-likeness (QED) is 0.834. The molecule has 1 aromatic carbocycles. The SMILES string of the molecule is CCOC(=O)[C@@H]1CCCC[C@H]1C.COc1ccc2oc(C(N)=O)cc2c1. The Labute approximate surface area is 153 Å². The van der Waals surface area contributed by atoms with Crippen molar-refractivity contribution >= 4 is 22.8 Å². The van der Waals surface area contributed by atoms with Crippen LogP contribution < -0.4 is 10.5 Å². The van der Waals surface area contributed by atoms with Gasteiger partial charge in [-0.25, -0.2) is 0 Å². The molecule has 2 aromatic rings. The highest BCUT2D eigenvalue weighted by Crippen LogP contribution is 2.30. The molecule has 1 amide bonds. The van der Waals surface area contributed by atoms with Crippen LogP contribution in [0.3, 0.4) is 0 Å². The lowest BCUT2D eigenvalue weighted by atomic mass is 9.80. The van der Waals surface area contributed by atoms with Gasteiger partial charge in [0.25, 0.3) is 5.91 Å². The van der Waals surface area contributed by atoms with Crippen molar-refractivity contribution < 1.29 is 23.5 Å². The van der Waals surface area contributed by atoms with Crippen molar-refractivity contribution in [1.29, 1.82) is 0 Å². The van der Waals surface area contributed by atoms with Gasteiger partial charge in [-0.05, 0) is 49.9 Å². The summed E-state index contributed by atoms with van der Waals surface area (Å²) in [5, 5.41) is 0.804. The molecule has 0 unspecified atom stereocenters. The Morgan fingerprint density at radius 2 is 1.96 bits per heavy atom. The first-order chi connectivity index (χ1) is 12.5. The van der Waals surface area contributed by atoms with Crippen LogP contribution in [0.2, 0.25) is 0 Å². The maximum atomic E-state index is 11.4. The number of rotatable bonds is 4. The second-order valence-electron chi connectivity index (χ2n) is 6.50. The second kappa shape index (κ2) is 9.27. The normalized spacial score (nSPS) is 19.3. The number of esters is 1. The monoisotopic (exact) mass is 361 g/mol. The first-order valence-corrected chi connectivity index (χ1v) is 9.00. The molecule has 0 saturated heterocycles. The second-order valence-corrected chi connectivity index (χ2v) is 6.50. The molecule has 1 fully saturated rings. The summed E-state index contributed by atoms with van der Waals surface area (Å²) in [6, 6.07) is 6.88. The van der Waals surface area contributed by atoms with Gasteiger partial charge in [0.15, 0.2) is 5.76 Å². The van der Waals surface area contributed by atoms with Gasteiger partial charge in [0, 0.05) is 5.39 Å². The average Bonchev–Trinajstić information content (AvgIpc) is 3.06. The number of primary amides is 1. The third-order valence-corrected chi connectivity index (χ3v) is 4.67. The third kappa shape index (κ3) is 5.00. The molecule has 3 rings (SSSR count). The van der Waals surface area contributed by atoms with Crippen molar-refractivity contribution in [2.45, 2.75) is 39.5 Å². The number of carbonyl (C=O) groups excluding carboxylic acids is 2. The van der Waals surface area contributed by atoms with Crippen LogP contribution in [0.4, 0.5) is 0 Å². The summed E-state index contributed by atoms with van der Waals surface area (Å²) >= 11 is 0. The third-order valence-electron chi connectivity index (χ3n) is 4.67. The summed E-state index contributed by atoms with van der Waals surface area (Å²) in [5.41, 5.74) is 5.71. The Balaban J connectivity index is 0.000000190. The Hall–Kier alpha value is -2.50. The van der Waals surface area contributed by atoms with E-state index in [1.165, 1.54) is 19.3 Å². The van der Waals surface area contributed by atoms with Crippen LogP contribution in [0.25, 0.3) is 11.0 Å². The summed E-state index contributed by atoms with van der Waals surface area (Å²) in [6.45, 7) is 4.54. The largest absolute Gasteiger partial charge is 0.497 e. The van der Waals surface area contributed by atoms with Gasteiger partial charge in [-0.1, -0.05) is 19.8 Å². The zero-order valence-corrected chi connectivity index (χ0v) is 15.6. The molecule has 1 aliphatic rings. The Kier molecular flexibility index (Phi) is 7.06. The number of hydrogen-bond acceptors (Lipinski definition) is 5. The highest BCUT2D eigenvalue weighted by molar-refractivity contribution is 5.95. The van der Waals surface area contributed by atoms with Crippen molar-refractivity contribution in [1.82, 2.24) is 0 Å². The van der Waals surface area contributed by atoms with E-state index in [1.807, 2.05) is 6.92 Å². The minimum absolute atomic E-state index is 0.0182. The molecule has 26 heavy (non-hydrogen) atoms. The van der Waals surface area contributed by atoms with Crippen LogP contribution in [0.1, 0.15) is 50.1 Å². The van der Waals surface area contributed by atoms with Gasteiger partial charge < -0.3 is 19.6 Å². The fraction of sp³-hybridized carbons (Fsp3) is 0.500. The van der Waals surface area contributed by atoms with Crippen molar-refractivity contribution in [3.63, 3.8) is 0 Å². The maximum Gasteiger partial charge on any atom is 0.309 e. The van der Waals surface area contributed by atoms with Crippen LogP contribution in [0.5, 0.6) is 5.75 Å². The first-order valence-electron chi connectivity index (χ1n) is 9.00. The highest BCUT2D eigenvalue weighted by Gasteiger charge is 2.28. The summed E-state index contributed by atoms with van der Waals surface area (Å²) in [5.74, 6) is 1.03. The van der Waals surface area contributed by atoms with Crippen molar-refractivity contribution in [2.75, 3.05) is 13.7 Å². The number of hydrogen-bond donors (Lipinski definition) is 1. The minimum atomic E-state index is -0.569. The van der Waals surface area contributed by atoms with E-state index >= 15 is 0 Å². The number of fused-ring (bicyclic) bond motifs is 1. The highest BCUT2D eigenvalue weighted by atomic mass is 16.5. The summed E-state index contributed by atoms with van der Waals surface area (Å²) in [6.07, 6.45) is 4.67. The van der Waals surface area contributed by atoms with Gasteiger partial charge in [0.05, 0.1) is 19.6 Å². The van der Waals surface area contributed by atoms with Crippen LogP contribution in [0, 0.1) is 11.8 Å². The number of amides is 1. The summed E-state index contributed by atoms with van der Waals surface area (Å²) in [4.78, 5) is 22.2. The molecule has 2 atom stereocenters. The van der Waals surface area contributed by atoms with E-state index in [0.717, 1.165) is 11.8 Å². The van der Waals surface area contributed by atoms with Crippen LogP contribution in [-0.2, 0) is 9.53 Å². The fourth-order valence-electron chi connectivity index (χ4n) is 3.19. The van der Waals surface area contributed by atoms with E-state index in [4.69, 9.17) is 19.6 Å². The summed E-state index contributed by atoms with van der Waals surface area (Å²) < 4.78 is 15.2. The lowest BCUT2D eigenvalue weighted by Gasteiger charge is -2.26. The molecule has 0 aliphatic heterocycles. The topological polar surface area (TPSA) is 91.8 Å². The van der Waals surface area contributed by atoms with Gasteiger partial charge in [0.2, 0.25) is 0 Å². The Bertz CT molecular complexity index is 752. The molecule has 142 valence electrons. The standard InChI is InChI=1S/C10H9NO3.C10H18O2/c1-13-7-2-3-8-6(4-7)5-9(14-8)10(11)12;1-3-12-10(11)9-7-5-4-6-8(9)2/h2-5H,1H3,(H2,11,12);8-9H,3-7H2,1-2H3/t;8-,9-/m.1/s1. The zero-order chi connectivity index (χ0) is 19.1. The molecule has 0 radical (unpaired) electrons. The van der Waals surface area contributed by atoms with Gasteiger partial charge in [-0.2, -0.15) is 0 Å². The lowest BCUT2D eigenvalue weighted by molar-refractivity contribution is -0.150. The molecular weight excluding hydrogens is 334 g/mol. The fourth-order valence-corrected chi connectivity index (χ4v) is 3.19. The molecule has 2 N–H and O–H groups in total. The van der Waals surface area contributed by atoms with Gasteiger partial charge >= 0.3 is 5.97 Å². The van der Waals surface area contributed by atoms with E-state index in [2.05, 4.69) is 6.92 Å². The number of benzene rings is 1. The van der Waals surface area contributed by atoms with Crippen molar-refractivity contribution in [3.8, 4) is 5.75 Å². The molecule has 1 aliphatic carbocycles. The van der Waals surface area contributed by atoms with Crippen molar-refractivity contribution in [3.05, 3.63) is 30.0 Å². The predicted octanol–water partition coefficient (Wildman–Crippen LogP) is 3.92. The smallest absolute Gasteiger partial charge is 0.309 e.